The van der Waals surface area contributed by atoms with Crippen LogP contribution < -0.4 is 9.47 Å². The predicted octanol–water partition coefficient (Wildman–Crippen LogP) is 6.94. The minimum absolute atomic E-state index is 0. The van der Waals surface area contributed by atoms with Crippen LogP contribution in [0.15, 0.2) is 39.8 Å². The van der Waals surface area contributed by atoms with E-state index in [4.69, 9.17) is 14.5 Å². The van der Waals surface area contributed by atoms with Crippen molar-refractivity contribution in [2.45, 2.75) is 71.4 Å². The predicted molar refractivity (Wildman–Crippen MR) is 130 cm³/mol. The highest BCUT2D eigenvalue weighted by molar-refractivity contribution is 9.10. The number of halogens is 2. The molecule has 5 heteroatoms. The third-order valence-corrected chi connectivity index (χ3v) is 6.03. The lowest BCUT2D eigenvalue weighted by atomic mass is 9.81. The number of rotatable bonds is 5. The first-order valence-corrected chi connectivity index (χ1v) is 11.4. The van der Waals surface area contributed by atoms with Crippen LogP contribution in [0.5, 0.6) is 11.5 Å². The molecule has 0 saturated heterocycles. The number of benzene rings is 2. The van der Waals surface area contributed by atoms with Gasteiger partial charge in [0, 0.05) is 27.6 Å². The Morgan fingerprint density at radius 2 is 1.90 bits per heavy atom. The molecule has 2 aromatic carbocycles. The Morgan fingerprint density at radius 1 is 1.13 bits per heavy atom. The summed E-state index contributed by atoms with van der Waals surface area (Å²) in [4.78, 5) is 5.20. The van der Waals surface area contributed by atoms with Crippen LogP contribution in [0.25, 0.3) is 0 Å². The Labute approximate surface area is 194 Å². The average Bonchev–Trinajstić information content (AvgIpc) is 2.95. The number of fused-ring (bicyclic) bond motifs is 3. The topological polar surface area (TPSA) is 30.8 Å². The van der Waals surface area contributed by atoms with Gasteiger partial charge in [0.1, 0.15) is 5.60 Å². The van der Waals surface area contributed by atoms with Crippen LogP contribution in [-0.2, 0) is 12.8 Å². The molecule has 2 aromatic rings. The van der Waals surface area contributed by atoms with Gasteiger partial charge in [-0.3, -0.25) is 4.99 Å². The quantitative estimate of drug-likeness (QED) is 0.423. The number of ether oxygens (including phenoxy) is 2. The highest BCUT2D eigenvalue weighted by Gasteiger charge is 2.39. The Bertz CT molecular complexity index is 981. The Kier molecular flexibility index (Phi) is 6.60. The average molecular weight is 493 g/mol. The number of hydrogen-bond acceptors (Lipinski definition) is 3. The third-order valence-electron chi connectivity index (χ3n) is 5.53. The molecule has 0 N–H and O–H groups in total. The van der Waals surface area contributed by atoms with Crippen molar-refractivity contribution in [3.8, 4) is 11.5 Å². The standard InChI is InChI=1S/C25H30BrNO2.ClH/c1-6-7-11-28-20-13-17-14-24(2,3)27-22(16-9-8-10-18(26)12-16)21(17)19-15-25(4,5)29-23(19)20;/h8-10,12-13H,6-7,11,14-15H2,1-5H3;1H. The monoisotopic (exact) mass is 491 g/mol. The molecule has 0 aromatic heterocycles. The second kappa shape index (κ2) is 8.55. The fourth-order valence-electron chi connectivity index (χ4n) is 4.35. The van der Waals surface area contributed by atoms with Gasteiger partial charge in [-0.2, -0.15) is 0 Å². The first kappa shape index (κ1) is 23.1. The maximum Gasteiger partial charge on any atom is 0.166 e. The van der Waals surface area contributed by atoms with E-state index in [1.165, 1.54) is 16.7 Å². The van der Waals surface area contributed by atoms with Crippen molar-refractivity contribution in [3.05, 3.63) is 57.1 Å². The lowest BCUT2D eigenvalue weighted by Gasteiger charge is -2.31. The van der Waals surface area contributed by atoms with E-state index in [0.29, 0.717) is 0 Å². The summed E-state index contributed by atoms with van der Waals surface area (Å²) in [6.45, 7) is 11.6. The van der Waals surface area contributed by atoms with Crippen LogP contribution in [0.3, 0.4) is 0 Å². The van der Waals surface area contributed by atoms with Gasteiger partial charge in [0.15, 0.2) is 11.5 Å². The number of aliphatic imine (C=N–C) groups is 1. The molecule has 0 radical (unpaired) electrons. The smallest absolute Gasteiger partial charge is 0.166 e. The van der Waals surface area contributed by atoms with E-state index >= 15 is 0 Å². The fraction of sp³-hybridized carbons (Fsp3) is 0.480. The summed E-state index contributed by atoms with van der Waals surface area (Å²) in [6.07, 6.45) is 3.93. The molecule has 0 unspecified atom stereocenters. The maximum absolute atomic E-state index is 6.39. The molecule has 4 rings (SSSR count). The second-order valence-electron chi connectivity index (χ2n) is 9.42. The van der Waals surface area contributed by atoms with Gasteiger partial charge in [-0.25, -0.2) is 0 Å². The molecule has 2 aliphatic rings. The zero-order valence-electron chi connectivity index (χ0n) is 18.5. The lowest BCUT2D eigenvalue weighted by Crippen LogP contribution is -2.30. The van der Waals surface area contributed by atoms with Gasteiger partial charge in [0.25, 0.3) is 0 Å². The summed E-state index contributed by atoms with van der Waals surface area (Å²) in [5.41, 5.74) is 5.60. The minimum Gasteiger partial charge on any atom is -0.490 e. The zero-order valence-corrected chi connectivity index (χ0v) is 20.9. The van der Waals surface area contributed by atoms with Crippen LogP contribution in [-0.4, -0.2) is 23.5 Å². The zero-order chi connectivity index (χ0) is 20.8. The normalized spacial score (nSPS) is 17.9. The minimum atomic E-state index is -0.240. The van der Waals surface area contributed by atoms with E-state index < -0.39 is 0 Å². The highest BCUT2D eigenvalue weighted by atomic mass is 79.9. The fourth-order valence-corrected chi connectivity index (χ4v) is 4.75. The van der Waals surface area contributed by atoms with Crippen molar-refractivity contribution in [2.75, 3.05) is 6.61 Å². The SMILES string of the molecule is CCCCOc1cc2c(c3c1OC(C)(C)C3)C(c1cccc(Br)c1)=NC(C)(C)C2.Cl. The Morgan fingerprint density at radius 3 is 2.60 bits per heavy atom. The molecule has 3 nitrogen and oxygen atoms in total. The molecule has 0 amide bonds. The van der Waals surface area contributed by atoms with Crippen molar-refractivity contribution in [1.82, 2.24) is 0 Å². The molecule has 2 heterocycles. The summed E-state index contributed by atoms with van der Waals surface area (Å²) in [6, 6.07) is 10.6. The molecule has 0 aliphatic carbocycles. The first-order valence-electron chi connectivity index (χ1n) is 10.6. The molecule has 162 valence electrons. The summed E-state index contributed by atoms with van der Waals surface area (Å²) >= 11 is 3.62. The van der Waals surface area contributed by atoms with Crippen molar-refractivity contribution < 1.29 is 9.47 Å². The molecule has 0 atom stereocenters. The van der Waals surface area contributed by atoms with Crippen LogP contribution in [0.2, 0.25) is 0 Å². The van der Waals surface area contributed by atoms with E-state index in [2.05, 4.69) is 80.9 Å². The Hall–Kier alpha value is -1.52. The molecule has 0 bridgehead atoms. The van der Waals surface area contributed by atoms with E-state index in [0.717, 1.165) is 59.5 Å². The van der Waals surface area contributed by atoms with Crippen LogP contribution in [0, 0.1) is 0 Å². The summed E-state index contributed by atoms with van der Waals surface area (Å²) in [5, 5.41) is 0. The van der Waals surface area contributed by atoms with E-state index in [9.17, 15) is 0 Å². The van der Waals surface area contributed by atoms with Gasteiger partial charge in [-0.1, -0.05) is 41.4 Å². The number of nitrogens with zero attached hydrogens (tertiary/aromatic N) is 1. The van der Waals surface area contributed by atoms with Crippen molar-refractivity contribution >= 4 is 34.0 Å². The van der Waals surface area contributed by atoms with Crippen molar-refractivity contribution in [1.29, 1.82) is 0 Å². The largest absolute Gasteiger partial charge is 0.490 e. The van der Waals surface area contributed by atoms with Crippen molar-refractivity contribution in [3.63, 3.8) is 0 Å². The maximum atomic E-state index is 6.39. The molecule has 0 spiro atoms. The van der Waals surface area contributed by atoms with Crippen LogP contribution in [0.1, 0.15) is 69.7 Å². The van der Waals surface area contributed by atoms with E-state index in [-0.39, 0.29) is 23.5 Å². The Balaban J connectivity index is 0.00000256. The number of unbranched alkanes of at least 4 members (excludes halogenated alkanes) is 1. The van der Waals surface area contributed by atoms with Gasteiger partial charge in [-0.15, -0.1) is 12.4 Å². The molecule has 0 saturated carbocycles. The lowest BCUT2D eigenvalue weighted by molar-refractivity contribution is 0.132. The van der Waals surface area contributed by atoms with Gasteiger partial charge in [-0.05, 0) is 64.3 Å². The van der Waals surface area contributed by atoms with Crippen molar-refractivity contribution in [2.24, 2.45) is 4.99 Å². The highest BCUT2D eigenvalue weighted by Crippen LogP contribution is 2.48. The van der Waals surface area contributed by atoms with E-state index in [1.54, 1.807) is 0 Å². The van der Waals surface area contributed by atoms with Gasteiger partial charge in [0.05, 0.1) is 17.9 Å². The van der Waals surface area contributed by atoms with Gasteiger partial charge >= 0.3 is 0 Å². The second-order valence-corrected chi connectivity index (χ2v) is 10.3. The van der Waals surface area contributed by atoms with Gasteiger partial charge in [0.2, 0.25) is 0 Å². The third kappa shape index (κ3) is 4.55. The van der Waals surface area contributed by atoms with Crippen LogP contribution >= 0.6 is 28.3 Å². The summed E-state index contributed by atoms with van der Waals surface area (Å²) < 4.78 is 13.7. The molecular formula is C25H31BrClNO2. The van der Waals surface area contributed by atoms with Crippen LogP contribution in [0.4, 0.5) is 0 Å². The molecule has 0 fully saturated rings. The first-order chi connectivity index (χ1) is 13.7. The molecule has 30 heavy (non-hydrogen) atoms. The molecule has 2 aliphatic heterocycles. The van der Waals surface area contributed by atoms with E-state index in [1.807, 2.05) is 0 Å². The molecular weight excluding hydrogens is 462 g/mol. The number of hydrogen-bond donors (Lipinski definition) is 0. The summed E-state index contributed by atoms with van der Waals surface area (Å²) in [7, 11) is 0. The summed E-state index contributed by atoms with van der Waals surface area (Å²) in [5.74, 6) is 1.80. The van der Waals surface area contributed by atoms with Gasteiger partial charge < -0.3 is 9.47 Å².